The van der Waals surface area contributed by atoms with Gasteiger partial charge in [0.05, 0.1) is 0 Å². The second kappa shape index (κ2) is 2.27. The highest BCUT2D eigenvalue weighted by Gasteiger charge is 2.03. The van der Waals surface area contributed by atoms with Crippen molar-refractivity contribution in [1.82, 2.24) is 0 Å². The third-order valence-electron chi connectivity index (χ3n) is 1.04. The Morgan fingerprint density at radius 2 is 2.38 bits per heavy atom. The highest BCUT2D eigenvalue weighted by atomic mass is 79.9. The third-order valence-corrected chi connectivity index (χ3v) is 1.82. The predicted molar refractivity (Wildman–Crippen MR) is 35.8 cm³/mol. The number of hydrogen-bond donors (Lipinski definition) is 0. The average molecular weight is 173 g/mol. The van der Waals surface area contributed by atoms with E-state index in [9.17, 15) is 4.79 Å². The van der Waals surface area contributed by atoms with E-state index in [1.807, 2.05) is 12.2 Å². The minimum absolute atomic E-state index is 0.769. The summed E-state index contributed by atoms with van der Waals surface area (Å²) in [6, 6.07) is 0. The van der Waals surface area contributed by atoms with Gasteiger partial charge in [-0.1, -0.05) is 28.1 Å². The van der Waals surface area contributed by atoms with Gasteiger partial charge in [-0.3, -0.25) is 4.79 Å². The Morgan fingerprint density at radius 1 is 1.62 bits per heavy atom. The molecule has 0 radical (unpaired) electrons. The molecule has 0 fully saturated rings. The number of hydrogen-bond acceptors (Lipinski definition) is 1. The first-order valence-corrected chi connectivity index (χ1v) is 3.15. The smallest absolute Gasteiger partial charge is 0.150 e. The van der Waals surface area contributed by atoms with Gasteiger partial charge in [0.15, 0.2) is 6.29 Å². The first-order chi connectivity index (χ1) is 3.84. The molecular formula is C6H5BrO. The van der Waals surface area contributed by atoms with Crippen molar-refractivity contribution < 1.29 is 4.79 Å². The molecule has 0 spiro atoms. The molecule has 0 unspecified atom stereocenters. The van der Waals surface area contributed by atoms with E-state index in [4.69, 9.17) is 0 Å². The molecule has 8 heavy (non-hydrogen) atoms. The first kappa shape index (κ1) is 5.76. The van der Waals surface area contributed by atoms with Gasteiger partial charge in [-0.25, -0.2) is 0 Å². The summed E-state index contributed by atoms with van der Waals surface area (Å²) in [6.07, 6.45) is 5.59. The van der Waals surface area contributed by atoms with Crippen molar-refractivity contribution in [3.05, 3.63) is 22.2 Å². The Balaban J connectivity index is 2.81. The molecule has 0 saturated heterocycles. The molecule has 0 saturated carbocycles. The zero-order valence-corrected chi connectivity index (χ0v) is 5.81. The van der Waals surface area contributed by atoms with Crippen LogP contribution in [0, 0.1) is 0 Å². The number of aldehydes is 1. The second-order valence-electron chi connectivity index (χ2n) is 1.57. The molecule has 0 aromatic rings. The summed E-state index contributed by atoms with van der Waals surface area (Å²) in [5.74, 6) is 0. The van der Waals surface area contributed by atoms with Crippen molar-refractivity contribution in [1.29, 1.82) is 0 Å². The van der Waals surface area contributed by atoms with E-state index in [0.717, 1.165) is 22.8 Å². The van der Waals surface area contributed by atoms with Crippen molar-refractivity contribution >= 4 is 22.2 Å². The van der Waals surface area contributed by atoms with Crippen LogP contribution in [0.3, 0.4) is 0 Å². The molecule has 0 aliphatic heterocycles. The summed E-state index contributed by atoms with van der Waals surface area (Å²) in [6.45, 7) is 0. The van der Waals surface area contributed by atoms with E-state index in [1.165, 1.54) is 0 Å². The van der Waals surface area contributed by atoms with E-state index >= 15 is 0 Å². The second-order valence-corrected chi connectivity index (χ2v) is 2.42. The van der Waals surface area contributed by atoms with Crippen LogP contribution < -0.4 is 0 Å². The monoisotopic (exact) mass is 172 g/mol. The average Bonchev–Trinajstić information content (AvgIpc) is 2.14. The van der Waals surface area contributed by atoms with Gasteiger partial charge in [0, 0.05) is 10.1 Å². The van der Waals surface area contributed by atoms with Crippen LogP contribution in [0.5, 0.6) is 0 Å². The van der Waals surface area contributed by atoms with E-state index in [-0.39, 0.29) is 0 Å². The van der Waals surface area contributed by atoms with Crippen LogP contribution in [0.4, 0.5) is 0 Å². The molecule has 0 atom stereocenters. The zero-order chi connectivity index (χ0) is 5.98. The molecule has 1 rings (SSSR count). The third kappa shape index (κ3) is 0.892. The van der Waals surface area contributed by atoms with Gasteiger partial charge in [0.1, 0.15) is 0 Å². The van der Waals surface area contributed by atoms with Gasteiger partial charge < -0.3 is 0 Å². The maximum atomic E-state index is 10.1. The van der Waals surface area contributed by atoms with E-state index < -0.39 is 0 Å². The van der Waals surface area contributed by atoms with Crippen LogP contribution in [0.1, 0.15) is 6.42 Å². The maximum absolute atomic E-state index is 10.1. The van der Waals surface area contributed by atoms with E-state index in [1.54, 1.807) is 0 Å². The lowest BCUT2D eigenvalue weighted by molar-refractivity contribution is -0.104. The molecule has 0 bridgehead atoms. The standard InChI is InChI=1S/C6H5BrO/c7-6-3-1-2-5(6)4-8/h2-4H,1H2. The highest BCUT2D eigenvalue weighted by molar-refractivity contribution is 9.12. The van der Waals surface area contributed by atoms with Gasteiger partial charge in [0.2, 0.25) is 0 Å². The Bertz CT molecular complexity index is 167. The molecule has 0 aromatic heterocycles. The van der Waals surface area contributed by atoms with E-state index in [0.29, 0.717) is 0 Å². The molecule has 1 aliphatic rings. The summed E-state index contributed by atoms with van der Waals surface area (Å²) in [4.78, 5) is 10.1. The molecule has 42 valence electrons. The lowest BCUT2D eigenvalue weighted by Gasteiger charge is -1.84. The van der Waals surface area contributed by atoms with Crippen molar-refractivity contribution in [3.63, 3.8) is 0 Å². The van der Waals surface area contributed by atoms with Crippen molar-refractivity contribution in [2.45, 2.75) is 6.42 Å². The van der Waals surface area contributed by atoms with Gasteiger partial charge >= 0.3 is 0 Å². The van der Waals surface area contributed by atoms with Crippen molar-refractivity contribution in [2.24, 2.45) is 0 Å². The summed E-state index contributed by atoms with van der Waals surface area (Å²) < 4.78 is 0.924. The largest absolute Gasteiger partial charge is 0.298 e. The Labute approximate surface area is 56.2 Å². The molecule has 0 N–H and O–H groups in total. The normalized spacial score (nSPS) is 17.6. The van der Waals surface area contributed by atoms with Crippen LogP contribution in [0.25, 0.3) is 0 Å². The minimum atomic E-state index is 0.769. The van der Waals surface area contributed by atoms with Gasteiger partial charge in [-0.05, 0) is 6.42 Å². The van der Waals surface area contributed by atoms with Crippen molar-refractivity contribution in [3.8, 4) is 0 Å². The minimum Gasteiger partial charge on any atom is -0.298 e. The number of carbonyl (C=O) groups is 1. The zero-order valence-electron chi connectivity index (χ0n) is 4.23. The summed E-state index contributed by atoms with van der Waals surface area (Å²) in [5, 5.41) is 0. The lowest BCUT2D eigenvalue weighted by atomic mass is 10.3. The molecule has 2 heteroatoms. The molecule has 1 nitrogen and oxygen atoms in total. The summed E-state index contributed by atoms with van der Waals surface area (Å²) >= 11 is 3.23. The number of carbonyl (C=O) groups excluding carboxylic acids is 1. The van der Waals surface area contributed by atoms with Gasteiger partial charge in [0.25, 0.3) is 0 Å². The van der Waals surface area contributed by atoms with Gasteiger partial charge in [-0.15, -0.1) is 0 Å². The topological polar surface area (TPSA) is 17.1 Å². The lowest BCUT2D eigenvalue weighted by Crippen LogP contribution is -1.76. The van der Waals surface area contributed by atoms with Crippen LogP contribution in [-0.4, -0.2) is 6.29 Å². The fourth-order valence-electron chi connectivity index (χ4n) is 0.609. The number of rotatable bonds is 1. The van der Waals surface area contributed by atoms with Crippen molar-refractivity contribution in [2.75, 3.05) is 0 Å². The van der Waals surface area contributed by atoms with Crippen LogP contribution in [0.15, 0.2) is 22.2 Å². The molecule has 1 aliphatic carbocycles. The van der Waals surface area contributed by atoms with E-state index in [2.05, 4.69) is 15.9 Å². The summed E-state index contributed by atoms with van der Waals surface area (Å²) in [7, 11) is 0. The molecule has 0 heterocycles. The van der Waals surface area contributed by atoms with Crippen LogP contribution >= 0.6 is 15.9 Å². The number of halogens is 1. The van der Waals surface area contributed by atoms with Crippen LogP contribution in [-0.2, 0) is 4.79 Å². The quantitative estimate of drug-likeness (QED) is 0.552. The molecule has 0 aromatic carbocycles. The Kier molecular flexibility index (Phi) is 1.63. The predicted octanol–water partition coefficient (Wildman–Crippen LogP) is 1.79. The summed E-state index contributed by atoms with van der Waals surface area (Å²) in [5.41, 5.74) is 0.769. The number of allylic oxidation sites excluding steroid dienone is 4. The SMILES string of the molecule is O=CC1=CCC=C1Br. The first-order valence-electron chi connectivity index (χ1n) is 2.36. The van der Waals surface area contributed by atoms with Crippen LogP contribution in [0.2, 0.25) is 0 Å². The van der Waals surface area contributed by atoms with Gasteiger partial charge in [-0.2, -0.15) is 0 Å². The Hall–Kier alpha value is -0.370. The Morgan fingerprint density at radius 3 is 2.62 bits per heavy atom. The highest BCUT2D eigenvalue weighted by Crippen LogP contribution is 2.21. The molecular weight excluding hydrogens is 168 g/mol. The molecule has 0 amide bonds. The maximum Gasteiger partial charge on any atom is 0.150 e. The fraction of sp³-hybridized carbons (Fsp3) is 0.167. The fourth-order valence-corrected chi connectivity index (χ4v) is 1.05.